The minimum atomic E-state index is -4.71. The molecule has 0 fully saturated rings. The second-order valence-electron chi connectivity index (χ2n) is 3.55. The Morgan fingerprint density at radius 2 is 1.42 bits per heavy atom. The first-order valence-electron chi connectivity index (χ1n) is 5.87. The van der Waals surface area contributed by atoms with Crippen LogP contribution in [0.4, 0.5) is 0 Å². The van der Waals surface area contributed by atoms with Crippen LogP contribution in [0.15, 0.2) is 0 Å². The number of carbonyl (C=O) groups is 2. The first-order chi connectivity index (χ1) is 8.59. The molecule has 0 atom stereocenters. The Morgan fingerprint density at radius 3 is 1.47 bits per heavy atom. The number of hydrogen-bond acceptors (Lipinski definition) is 5. The predicted molar refractivity (Wildman–Crippen MR) is 71.3 cm³/mol. The van der Waals surface area contributed by atoms with Crippen molar-refractivity contribution in [2.24, 2.45) is 0 Å². The van der Waals surface area contributed by atoms with E-state index in [0.717, 1.165) is 13.8 Å². The summed E-state index contributed by atoms with van der Waals surface area (Å²) in [7, 11) is -4.71. The van der Waals surface area contributed by atoms with Crippen LogP contribution in [-0.4, -0.2) is 53.7 Å². The molecule has 0 radical (unpaired) electrons. The smallest absolute Gasteiger partial charge is 0.304 e. The highest BCUT2D eigenvalue weighted by Crippen LogP contribution is 1.92. The Hall–Kier alpha value is -1.19. The van der Waals surface area contributed by atoms with Gasteiger partial charge in [-0.25, -0.2) is 5.43 Å². The molecule has 0 bridgehead atoms. The first-order valence-corrected chi connectivity index (χ1v) is 7.27. The largest absolute Gasteiger partial charge is 0.380 e. The summed E-state index contributed by atoms with van der Waals surface area (Å²) in [5, 5.41) is 0. The molecule has 0 aromatic carbocycles. The van der Waals surface area contributed by atoms with Gasteiger partial charge < -0.3 is 4.90 Å². The summed E-state index contributed by atoms with van der Waals surface area (Å²) in [5.74, 6) is -1.78. The molecule has 0 unspecified atom stereocenters. The van der Waals surface area contributed by atoms with E-state index in [1.807, 2.05) is 0 Å². The van der Waals surface area contributed by atoms with E-state index in [9.17, 15) is 18.0 Å². The van der Waals surface area contributed by atoms with Crippen molar-refractivity contribution in [2.75, 3.05) is 19.6 Å². The third-order valence-electron chi connectivity index (χ3n) is 2.12. The number of hydrogen-bond donors (Lipinski definition) is 2. The van der Waals surface area contributed by atoms with Gasteiger partial charge in [0.05, 0.1) is 0 Å². The van der Waals surface area contributed by atoms with Gasteiger partial charge in [0.1, 0.15) is 0 Å². The molecule has 9 heteroatoms. The van der Waals surface area contributed by atoms with Gasteiger partial charge in [-0.3, -0.25) is 14.1 Å². The van der Waals surface area contributed by atoms with E-state index in [4.69, 9.17) is 4.55 Å². The minimum Gasteiger partial charge on any atom is -0.304 e. The van der Waals surface area contributed by atoms with E-state index < -0.39 is 22.1 Å². The first kappa shape index (κ1) is 20.1. The average Bonchev–Trinajstić information content (AvgIpc) is 2.27. The van der Waals surface area contributed by atoms with Gasteiger partial charge in [-0.2, -0.15) is 8.42 Å². The Morgan fingerprint density at radius 1 is 1.05 bits per heavy atom. The third kappa shape index (κ3) is 10.4. The molecule has 0 heterocycles. The summed E-state index contributed by atoms with van der Waals surface area (Å²) in [4.78, 5) is 23.2. The lowest BCUT2D eigenvalue weighted by Crippen LogP contribution is -2.47. The van der Waals surface area contributed by atoms with Crippen LogP contribution in [0.3, 0.4) is 0 Å². The van der Waals surface area contributed by atoms with E-state index in [0.29, 0.717) is 0 Å². The molecule has 0 saturated carbocycles. The molecule has 114 valence electrons. The van der Waals surface area contributed by atoms with Gasteiger partial charge >= 0.3 is 10.3 Å². The van der Waals surface area contributed by atoms with Crippen molar-refractivity contribution >= 4 is 22.1 Å². The van der Waals surface area contributed by atoms with Crippen LogP contribution in [-0.2, 0) is 19.9 Å². The standard InChI is InChI=1S/C6H15N.C4H8N2O5S/c1-4-7(5-2)6-3;1-3(7)5-6(4(2)8)12(9,10)11/h4-6H2,1-3H3;1-2H3,(H,5,7)(H,9,10,11). The molecule has 0 saturated heterocycles. The summed E-state index contributed by atoms with van der Waals surface area (Å²) in [6.45, 7) is 12.0. The molecule has 0 spiro atoms. The molecule has 0 aromatic heterocycles. The zero-order valence-corrected chi connectivity index (χ0v) is 12.8. The van der Waals surface area contributed by atoms with Gasteiger partial charge in [-0.05, 0) is 19.6 Å². The molecule has 0 aliphatic carbocycles. The zero-order chi connectivity index (χ0) is 15.6. The minimum absolute atomic E-state index is 0.157. The molecule has 19 heavy (non-hydrogen) atoms. The van der Waals surface area contributed by atoms with Crippen molar-refractivity contribution in [3.05, 3.63) is 0 Å². The number of nitrogens with zero attached hydrogens (tertiary/aromatic N) is 2. The van der Waals surface area contributed by atoms with Gasteiger partial charge in [0.15, 0.2) is 0 Å². The maximum Gasteiger partial charge on any atom is 0.380 e. The van der Waals surface area contributed by atoms with Gasteiger partial charge in [-0.15, -0.1) is 4.41 Å². The summed E-state index contributed by atoms with van der Waals surface area (Å²) < 4.78 is 28.9. The Balaban J connectivity index is 0. The second kappa shape index (κ2) is 9.70. The van der Waals surface area contributed by atoms with Crippen LogP contribution in [0.2, 0.25) is 0 Å². The summed E-state index contributed by atoms with van der Waals surface area (Å²) >= 11 is 0. The molecule has 0 rings (SSSR count). The summed E-state index contributed by atoms with van der Waals surface area (Å²) in [6.07, 6.45) is 0. The summed E-state index contributed by atoms with van der Waals surface area (Å²) in [5.41, 5.74) is 1.63. The van der Waals surface area contributed by atoms with Crippen LogP contribution in [0, 0.1) is 0 Å². The van der Waals surface area contributed by atoms with E-state index in [1.165, 1.54) is 19.6 Å². The van der Waals surface area contributed by atoms with E-state index >= 15 is 0 Å². The topological polar surface area (TPSA) is 107 Å². The van der Waals surface area contributed by atoms with Crippen molar-refractivity contribution in [3.8, 4) is 0 Å². The highest BCUT2D eigenvalue weighted by molar-refractivity contribution is 7.83. The lowest BCUT2D eigenvalue weighted by Gasteiger charge is -2.15. The highest BCUT2D eigenvalue weighted by atomic mass is 32.2. The maximum atomic E-state index is 10.5. The van der Waals surface area contributed by atoms with Gasteiger partial charge in [0.25, 0.3) is 5.91 Å². The molecule has 0 aliphatic rings. The monoisotopic (exact) mass is 297 g/mol. The van der Waals surface area contributed by atoms with Crippen molar-refractivity contribution in [3.63, 3.8) is 0 Å². The lowest BCUT2D eigenvalue weighted by atomic mass is 10.5. The molecular weight excluding hydrogens is 274 g/mol. The maximum absolute atomic E-state index is 10.5. The SMILES string of the molecule is CC(=O)NN(C(C)=O)S(=O)(=O)O.CCN(CC)CC. The Kier molecular flexibility index (Phi) is 10.3. The van der Waals surface area contributed by atoms with E-state index in [2.05, 4.69) is 25.7 Å². The third-order valence-corrected chi connectivity index (χ3v) is 2.93. The molecular formula is C10H23N3O5S. The van der Waals surface area contributed by atoms with Crippen LogP contribution in [0.1, 0.15) is 34.6 Å². The van der Waals surface area contributed by atoms with Crippen LogP contribution < -0.4 is 5.43 Å². The molecule has 2 amide bonds. The Bertz CT molecular complexity index is 373. The van der Waals surface area contributed by atoms with Crippen LogP contribution >= 0.6 is 0 Å². The molecule has 0 aromatic rings. The van der Waals surface area contributed by atoms with Gasteiger partial charge in [0, 0.05) is 13.8 Å². The molecule has 0 aliphatic heterocycles. The van der Waals surface area contributed by atoms with Gasteiger partial charge in [-0.1, -0.05) is 20.8 Å². The Labute approximate surface area is 114 Å². The van der Waals surface area contributed by atoms with Crippen molar-refractivity contribution in [2.45, 2.75) is 34.6 Å². The van der Waals surface area contributed by atoms with E-state index in [1.54, 1.807) is 5.43 Å². The van der Waals surface area contributed by atoms with Crippen LogP contribution in [0.25, 0.3) is 0 Å². The number of amides is 2. The second-order valence-corrected chi connectivity index (χ2v) is 4.81. The zero-order valence-electron chi connectivity index (χ0n) is 12.0. The predicted octanol–water partition coefficient (Wildman–Crippen LogP) is 0.0369. The highest BCUT2D eigenvalue weighted by Gasteiger charge is 2.22. The van der Waals surface area contributed by atoms with Crippen molar-refractivity contribution < 1.29 is 22.6 Å². The average molecular weight is 297 g/mol. The summed E-state index contributed by atoms with van der Waals surface area (Å²) in [6, 6.07) is 0. The van der Waals surface area contributed by atoms with Gasteiger partial charge in [0.2, 0.25) is 5.91 Å². The van der Waals surface area contributed by atoms with Crippen molar-refractivity contribution in [1.29, 1.82) is 0 Å². The molecule has 8 nitrogen and oxygen atoms in total. The fraction of sp³-hybridized carbons (Fsp3) is 0.800. The number of carbonyl (C=O) groups excluding carboxylic acids is 2. The lowest BCUT2D eigenvalue weighted by molar-refractivity contribution is -0.133. The molecule has 2 N–H and O–H groups in total. The number of hydrazine groups is 1. The normalized spacial score (nSPS) is 10.5. The number of nitrogens with one attached hydrogen (secondary N) is 1. The quantitative estimate of drug-likeness (QED) is 0.560. The van der Waals surface area contributed by atoms with Crippen molar-refractivity contribution in [1.82, 2.24) is 14.7 Å². The van der Waals surface area contributed by atoms with Crippen LogP contribution in [0.5, 0.6) is 0 Å². The fourth-order valence-electron chi connectivity index (χ4n) is 1.11. The van der Waals surface area contributed by atoms with E-state index in [-0.39, 0.29) is 4.41 Å². The number of rotatable bonds is 4. The fourth-order valence-corrected chi connectivity index (χ4v) is 1.68.